The highest BCUT2D eigenvalue weighted by molar-refractivity contribution is 7.11. The highest BCUT2D eigenvalue weighted by atomic mass is 35.5. The minimum atomic E-state index is 0. The Bertz CT molecular complexity index is 273. The number of hydrogen-bond donors (Lipinski definition) is 1. The zero-order valence-electron chi connectivity index (χ0n) is 5.52. The van der Waals surface area contributed by atoms with Crippen molar-refractivity contribution in [3.8, 4) is 6.07 Å². The molecule has 0 aliphatic heterocycles. The Morgan fingerprint density at radius 1 is 1.73 bits per heavy atom. The van der Waals surface area contributed by atoms with Crippen LogP contribution in [0.1, 0.15) is 4.88 Å². The van der Waals surface area contributed by atoms with E-state index in [1.807, 2.05) is 17.5 Å². The summed E-state index contributed by atoms with van der Waals surface area (Å²) < 4.78 is 0. The third kappa shape index (κ3) is 2.26. The summed E-state index contributed by atoms with van der Waals surface area (Å²) in [6.07, 6.45) is 0.825. The molecular formula is C7H6ClNOS. The monoisotopic (exact) mass is 187 g/mol. The Kier molecular flexibility index (Phi) is 4.35. The number of halogens is 1. The molecule has 0 unspecified atom stereocenters. The first-order chi connectivity index (χ1) is 4.88. The van der Waals surface area contributed by atoms with Crippen LogP contribution < -0.4 is 0 Å². The molecule has 1 heterocycles. The normalized spacial score (nSPS) is 9.91. The Hall–Kier alpha value is -0.980. The van der Waals surface area contributed by atoms with Gasteiger partial charge in [0.25, 0.3) is 0 Å². The minimum Gasteiger partial charge on any atom is -0.514 e. The van der Waals surface area contributed by atoms with E-state index in [4.69, 9.17) is 10.4 Å². The van der Waals surface area contributed by atoms with E-state index in [9.17, 15) is 0 Å². The summed E-state index contributed by atoms with van der Waals surface area (Å²) in [6.45, 7) is 0. The molecule has 1 aromatic rings. The van der Waals surface area contributed by atoms with Crippen molar-refractivity contribution in [2.45, 2.75) is 0 Å². The van der Waals surface area contributed by atoms with Crippen molar-refractivity contribution in [3.05, 3.63) is 28.7 Å². The van der Waals surface area contributed by atoms with Crippen molar-refractivity contribution in [3.63, 3.8) is 0 Å². The van der Waals surface area contributed by atoms with Crippen LogP contribution in [-0.2, 0) is 0 Å². The fourth-order valence-electron chi connectivity index (χ4n) is 0.579. The average molecular weight is 188 g/mol. The summed E-state index contributed by atoms with van der Waals surface area (Å²) in [5.74, 6) is 0. The molecule has 58 valence electrons. The molecule has 0 amide bonds. The summed E-state index contributed by atoms with van der Waals surface area (Å²) in [6, 6.07) is 5.50. The van der Waals surface area contributed by atoms with E-state index in [0.717, 1.165) is 11.1 Å². The van der Waals surface area contributed by atoms with Crippen molar-refractivity contribution in [1.29, 1.82) is 5.26 Å². The summed E-state index contributed by atoms with van der Waals surface area (Å²) in [4.78, 5) is 0.796. The van der Waals surface area contributed by atoms with Crippen LogP contribution in [0.5, 0.6) is 0 Å². The van der Waals surface area contributed by atoms with Crippen LogP contribution in [0.3, 0.4) is 0 Å². The summed E-state index contributed by atoms with van der Waals surface area (Å²) in [5.41, 5.74) is 0.315. The largest absolute Gasteiger partial charge is 0.514 e. The van der Waals surface area contributed by atoms with Gasteiger partial charge in [-0.25, -0.2) is 0 Å². The van der Waals surface area contributed by atoms with E-state index in [-0.39, 0.29) is 12.4 Å². The Morgan fingerprint density at radius 2 is 2.45 bits per heavy atom. The quantitative estimate of drug-likeness (QED) is 0.543. The van der Waals surface area contributed by atoms with E-state index < -0.39 is 0 Å². The van der Waals surface area contributed by atoms with Crippen molar-refractivity contribution in [1.82, 2.24) is 0 Å². The van der Waals surface area contributed by atoms with Gasteiger partial charge in [-0.2, -0.15) is 5.26 Å². The van der Waals surface area contributed by atoms with Gasteiger partial charge in [0.2, 0.25) is 0 Å². The van der Waals surface area contributed by atoms with Crippen LogP contribution in [0.25, 0.3) is 5.57 Å². The predicted octanol–water partition coefficient (Wildman–Crippen LogP) is 2.59. The highest BCUT2D eigenvalue weighted by Gasteiger charge is 1.98. The number of allylic oxidation sites excluding steroid dienone is 1. The molecule has 0 aromatic carbocycles. The molecule has 0 aliphatic rings. The molecule has 0 radical (unpaired) electrons. The maximum Gasteiger partial charge on any atom is 0.104 e. The van der Waals surface area contributed by atoms with E-state index in [1.54, 1.807) is 6.07 Å². The molecule has 0 fully saturated rings. The van der Waals surface area contributed by atoms with Gasteiger partial charge in [-0.15, -0.1) is 23.7 Å². The molecule has 0 saturated heterocycles. The lowest BCUT2D eigenvalue weighted by atomic mass is 10.3. The molecule has 1 rings (SSSR count). The number of hydrogen-bond acceptors (Lipinski definition) is 3. The third-order valence-corrected chi connectivity index (χ3v) is 1.94. The predicted molar refractivity (Wildman–Crippen MR) is 47.8 cm³/mol. The van der Waals surface area contributed by atoms with Crippen molar-refractivity contribution >= 4 is 29.3 Å². The standard InChI is InChI=1S/C7H5NOS.ClH/c8-4-6(5-9)7-2-1-3-10-7;/h1-3,5,9H;1H/b6-5+;. The number of nitriles is 1. The van der Waals surface area contributed by atoms with E-state index >= 15 is 0 Å². The third-order valence-electron chi connectivity index (χ3n) is 1.04. The van der Waals surface area contributed by atoms with Crippen molar-refractivity contribution in [2.75, 3.05) is 0 Å². The zero-order chi connectivity index (χ0) is 7.40. The summed E-state index contributed by atoms with van der Waals surface area (Å²) in [5, 5.41) is 18.8. The Balaban J connectivity index is 0.000001000. The van der Waals surface area contributed by atoms with Gasteiger partial charge in [0.1, 0.15) is 11.6 Å². The van der Waals surface area contributed by atoms with Gasteiger partial charge in [-0.05, 0) is 11.4 Å². The van der Waals surface area contributed by atoms with Gasteiger partial charge in [0, 0.05) is 4.88 Å². The van der Waals surface area contributed by atoms with Gasteiger partial charge < -0.3 is 5.11 Å². The lowest BCUT2D eigenvalue weighted by Crippen LogP contribution is -1.71. The van der Waals surface area contributed by atoms with E-state index in [2.05, 4.69) is 0 Å². The smallest absolute Gasteiger partial charge is 0.104 e. The number of aliphatic hydroxyl groups is 1. The first-order valence-electron chi connectivity index (χ1n) is 2.67. The van der Waals surface area contributed by atoms with Gasteiger partial charge in [0.05, 0.1) is 6.26 Å². The van der Waals surface area contributed by atoms with Gasteiger partial charge in [-0.3, -0.25) is 0 Å². The van der Waals surface area contributed by atoms with Crippen LogP contribution >= 0.6 is 23.7 Å². The van der Waals surface area contributed by atoms with Crippen molar-refractivity contribution in [2.24, 2.45) is 0 Å². The number of rotatable bonds is 1. The summed E-state index contributed by atoms with van der Waals surface area (Å²) >= 11 is 1.43. The molecule has 2 nitrogen and oxygen atoms in total. The van der Waals surface area contributed by atoms with Crippen LogP contribution in [0.4, 0.5) is 0 Å². The lowest BCUT2D eigenvalue weighted by Gasteiger charge is -1.86. The second kappa shape index (κ2) is 4.78. The Morgan fingerprint density at radius 3 is 2.82 bits per heavy atom. The van der Waals surface area contributed by atoms with Crippen LogP contribution in [0.2, 0.25) is 0 Å². The molecule has 1 N–H and O–H groups in total. The number of aliphatic hydroxyl groups excluding tert-OH is 1. The average Bonchev–Trinajstić information content (AvgIpc) is 2.43. The van der Waals surface area contributed by atoms with Crippen LogP contribution in [0, 0.1) is 11.3 Å². The van der Waals surface area contributed by atoms with E-state index in [1.165, 1.54) is 11.3 Å². The maximum atomic E-state index is 8.52. The molecular weight excluding hydrogens is 182 g/mol. The molecule has 0 spiro atoms. The second-order valence-electron chi connectivity index (χ2n) is 1.63. The van der Waals surface area contributed by atoms with E-state index in [0.29, 0.717) is 5.57 Å². The van der Waals surface area contributed by atoms with Crippen LogP contribution in [-0.4, -0.2) is 5.11 Å². The lowest BCUT2D eigenvalue weighted by molar-refractivity contribution is 0.476. The second-order valence-corrected chi connectivity index (χ2v) is 2.58. The summed E-state index contributed by atoms with van der Waals surface area (Å²) in [7, 11) is 0. The SMILES string of the molecule is Cl.N#C/C(=C\O)c1cccs1. The van der Waals surface area contributed by atoms with Gasteiger partial charge in [0.15, 0.2) is 0 Å². The number of thiophene rings is 1. The number of nitrogens with zero attached hydrogens (tertiary/aromatic N) is 1. The highest BCUT2D eigenvalue weighted by Crippen LogP contribution is 2.17. The molecule has 0 atom stereocenters. The van der Waals surface area contributed by atoms with Gasteiger partial charge in [-0.1, -0.05) is 6.07 Å². The van der Waals surface area contributed by atoms with Crippen LogP contribution in [0.15, 0.2) is 23.8 Å². The molecule has 0 aliphatic carbocycles. The zero-order valence-corrected chi connectivity index (χ0v) is 7.15. The fraction of sp³-hybridized carbons (Fsp3) is 0. The first kappa shape index (κ1) is 10.0. The molecule has 11 heavy (non-hydrogen) atoms. The Labute approximate surface area is 74.8 Å². The molecule has 1 aromatic heterocycles. The fourth-order valence-corrected chi connectivity index (χ4v) is 1.27. The first-order valence-corrected chi connectivity index (χ1v) is 3.55. The van der Waals surface area contributed by atoms with Gasteiger partial charge >= 0.3 is 0 Å². The molecule has 0 saturated carbocycles. The topological polar surface area (TPSA) is 44.0 Å². The maximum absolute atomic E-state index is 8.52. The molecule has 4 heteroatoms. The van der Waals surface area contributed by atoms with Crippen molar-refractivity contribution < 1.29 is 5.11 Å². The minimum absolute atomic E-state index is 0. The molecule has 0 bridgehead atoms.